The van der Waals surface area contributed by atoms with Gasteiger partial charge in [0.05, 0.1) is 5.52 Å². The average Bonchev–Trinajstić information content (AvgIpc) is 2.38. The van der Waals surface area contributed by atoms with Crippen molar-refractivity contribution in [3.8, 4) is 0 Å². The van der Waals surface area contributed by atoms with Crippen molar-refractivity contribution in [3.63, 3.8) is 0 Å². The van der Waals surface area contributed by atoms with Gasteiger partial charge in [0.2, 0.25) is 0 Å². The van der Waals surface area contributed by atoms with Gasteiger partial charge in [-0.15, -0.1) is 0 Å². The van der Waals surface area contributed by atoms with E-state index in [0.29, 0.717) is 0 Å². The molecule has 2 heterocycles. The molecule has 1 aliphatic rings. The summed E-state index contributed by atoms with van der Waals surface area (Å²) in [4.78, 5) is 7.09. The third-order valence-corrected chi connectivity index (χ3v) is 4.16. The zero-order valence-electron chi connectivity index (χ0n) is 12.1. The monoisotopic (exact) mass is 254 g/mol. The number of aryl methyl sites for hydroxylation is 1. The van der Waals surface area contributed by atoms with Crippen molar-refractivity contribution in [2.24, 2.45) is 11.8 Å². The predicted octanol–water partition coefficient (Wildman–Crippen LogP) is 4.03. The van der Waals surface area contributed by atoms with Gasteiger partial charge in [-0.1, -0.05) is 19.9 Å². The number of hydrogen-bond acceptors (Lipinski definition) is 2. The van der Waals surface area contributed by atoms with Crippen LogP contribution in [0.2, 0.25) is 0 Å². The molecule has 0 N–H and O–H groups in total. The van der Waals surface area contributed by atoms with E-state index in [2.05, 4.69) is 48.9 Å². The van der Waals surface area contributed by atoms with Crippen molar-refractivity contribution in [3.05, 3.63) is 36.0 Å². The molecule has 1 saturated heterocycles. The summed E-state index contributed by atoms with van der Waals surface area (Å²) in [5.41, 5.74) is 3.76. The van der Waals surface area contributed by atoms with Crippen molar-refractivity contribution >= 4 is 16.6 Å². The maximum Gasteiger partial charge on any atom is 0.0751 e. The number of anilines is 1. The van der Waals surface area contributed by atoms with Crippen LogP contribution in [0.1, 0.15) is 25.8 Å². The summed E-state index contributed by atoms with van der Waals surface area (Å²) in [7, 11) is 0. The Morgan fingerprint density at radius 3 is 2.58 bits per heavy atom. The molecule has 0 unspecified atom stereocenters. The van der Waals surface area contributed by atoms with Crippen LogP contribution >= 0.6 is 0 Å². The smallest absolute Gasteiger partial charge is 0.0751 e. The van der Waals surface area contributed by atoms with E-state index in [-0.39, 0.29) is 0 Å². The molecule has 19 heavy (non-hydrogen) atoms. The van der Waals surface area contributed by atoms with Crippen molar-refractivity contribution < 1.29 is 0 Å². The van der Waals surface area contributed by atoms with Crippen LogP contribution in [0.4, 0.5) is 5.69 Å². The SMILES string of the molecule is Cc1ccc(N2C[C@H](C)C[C@H](C)C2)c2cccnc12. The molecule has 0 aliphatic carbocycles. The van der Waals surface area contributed by atoms with Crippen molar-refractivity contribution in [1.29, 1.82) is 0 Å². The van der Waals surface area contributed by atoms with E-state index in [4.69, 9.17) is 0 Å². The number of aromatic nitrogens is 1. The van der Waals surface area contributed by atoms with E-state index >= 15 is 0 Å². The van der Waals surface area contributed by atoms with Gasteiger partial charge < -0.3 is 4.90 Å². The Hall–Kier alpha value is -1.57. The average molecular weight is 254 g/mol. The lowest BCUT2D eigenvalue weighted by atomic mass is 9.91. The number of hydrogen-bond donors (Lipinski definition) is 0. The van der Waals surface area contributed by atoms with Gasteiger partial charge in [-0.05, 0) is 48.9 Å². The van der Waals surface area contributed by atoms with Gasteiger partial charge in [0.1, 0.15) is 0 Å². The largest absolute Gasteiger partial charge is 0.370 e. The maximum absolute atomic E-state index is 4.55. The molecule has 1 fully saturated rings. The van der Waals surface area contributed by atoms with Crippen LogP contribution in [0.25, 0.3) is 10.9 Å². The molecule has 2 aromatic rings. The molecule has 0 saturated carbocycles. The quantitative estimate of drug-likeness (QED) is 0.764. The number of rotatable bonds is 1. The first kappa shape index (κ1) is 12.5. The summed E-state index contributed by atoms with van der Waals surface area (Å²) in [6, 6.07) is 8.72. The predicted molar refractivity (Wildman–Crippen MR) is 81.6 cm³/mol. The van der Waals surface area contributed by atoms with Gasteiger partial charge in [0.25, 0.3) is 0 Å². The molecule has 2 heteroatoms. The van der Waals surface area contributed by atoms with Crippen molar-refractivity contribution in [2.45, 2.75) is 27.2 Å². The molecule has 2 atom stereocenters. The fourth-order valence-corrected chi connectivity index (χ4v) is 3.43. The summed E-state index contributed by atoms with van der Waals surface area (Å²) in [6.07, 6.45) is 3.24. The van der Waals surface area contributed by atoms with E-state index in [1.807, 2.05) is 12.3 Å². The van der Waals surface area contributed by atoms with E-state index in [9.17, 15) is 0 Å². The van der Waals surface area contributed by atoms with Gasteiger partial charge in [-0.2, -0.15) is 0 Å². The highest BCUT2D eigenvalue weighted by molar-refractivity contribution is 5.93. The Morgan fingerprint density at radius 2 is 1.84 bits per heavy atom. The lowest BCUT2D eigenvalue weighted by molar-refractivity contribution is 0.357. The molecule has 0 bridgehead atoms. The van der Waals surface area contributed by atoms with Crippen molar-refractivity contribution in [2.75, 3.05) is 18.0 Å². The van der Waals surface area contributed by atoms with Crippen LogP contribution in [0.15, 0.2) is 30.5 Å². The zero-order chi connectivity index (χ0) is 13.4. The summed E-state index contributed by atoms with van der Waals surface area (Å²) >= 11 is 0. The highest BCUT2D eigenvalue weighted by Crippen LogP contribution is 2.32. The third kappa shape index (κ3) is 2.32. The summed E-state index contributed by atoms with van der Waals surface area (Å²) in [6.45, 7) is 9.18. The molecule has 100 valence electrons. The molecule has 1 aromatic carbocycles. The second-order valence-electron chi connectivity index (χ2n) is 6.15. The van der Waals surface area contributed by atoms with Gasteiger partial charge in [0, 0.05) is 30.4 Å². The van der Waals surface area contributed by atoms with Crippen LogP contribution in [0, 0.1) is 18.8 Å². The van der Waals surface area contributed by atoms with Crippen LogP contribution in [-0.4, -0.2) is 18.1 Å². The van der Waals surface area contributed by atoms with Crippen LogP contribution < -0.4 is 4.90 Å². The molecule has 0 amide bonds. The zero-order valence-corrected chi connectivity index (χ0v) is 12.1. The topological polar surface area (TPSA) is 16.1 Å². The van der Waals surface area contributed by atoms with Crippen LogP contribution in [0.5, 0.6) is 0 Å². The Bertz CT molecular complexity index is 581. The maximum atomic E-state index is 4.55. The second-order valence-corrected chi connectivity index (χ2v) is 6.15. The fraction of sp³-hybridized carbons (Fsp3) is 0.471. The first-order valence-electron chi connectivity index (χ1n) is 7.24. The standard InChI is InChI=1S/C17H22N2/c1-12-9-13(2)11-19(10-12)16-7-6-14(3)17-15(16)5-4-8-18-17/h4-8,12-13H,9-11H2,1-3H3/t12-,13+. The first-order valence-corrected chi connectivity index (χ1v) is 7.24. The lowest BCUT2D eigenvalue weighted by Gasteiger charge is -2.37. The van der Waals surface area contributed by atoms with E-state index in [1.54, 1.807) is 0 Å². The minimum Gasteiger partial charge on any atom is -0.370 e. The lowest BCUT2D eigenvalue weighted by Crippen LogP contribution is -2.38. The number of nitrogens with zero attached hydrogens (tertiary/aromatic N) is 2. The Kier molecular flexibility index (Phi) is 3.17. The Labute approximate surface area is 115 Å². The number of piperidine rings is 1. The number of benzene rings is 1. The number of pyridine rings is 1. The minimum atomic E-state index is 0.775. The van der Waals surface area contributed by atoms with Gasteiger partial charge in [0.15, 0.2) is 0 Å². The molecule has 2 nitrogen and oxygen atoms in total. The first-order chi connectivity index (χ1) is 9.15. The molecule has 1 aliphatic heterocycles. The van der Waals surface area contributed by atoms with E-state index < -0.39 is 0 Å². The fourth-order valence-electron chi connectivity index (χ4n) is 3.43. The van der Waals surface area contributed by atoms with E-state index in [1.165, 1.54) is 23.1 Å². The van der Waals surface area contributed by atoms with Crippen molar-refractivity contribution in [1.82, 2.24) is 4.98 Å². The molecular formula is C17H22N2. The molecule has 0 radical (unpaired) electrons. The third-order valence-electron chi connectivity index (χ3n) is 4.16. The second kappa shape index (κ2) is 4.84. The normalized spacial score (nSPS) is 23.8. The van der Waals surface area contributed by atoms with Gasteiger partial charge in [-0.25, -0.2) is 0 Å². The highest BCUT2D eigenvalue weighted by Gasteiger charge is 2.23. The molecule has 1 aromatic heterocycles. The Morgan fingerprint density at radius 1 is 1.11 bits per heavy atom. The summed E-state index contributed by atoms with van der Waals surface area (Å²) in [5.74, 6) is 1.55. The minimum absolute atomic E-state index is 0.775. The summed E-state index contributed by atoms with van der Waals surface area (Å²) < 4.78 is 0. The Balaban J connectivity index is 2.07. The van der Waals surface area contributed by atoms with E-state index in [0.717, 1.165) is 30.4 Å². The van der Waals surface area contributed by atoms with Gasteiger partial charge >= 0.3 is 0 Å². The van der Waals surface area contributed by atoms with Gasteiger partial charge in [-0.3, -0.25) is 4.98 Å². The van der Waals surface area contributed by atoms with Crippen LogP contribution in [0.3, 0.4) is 0 Å². The highest BCUT2D eigenvalue weighted by atomic mass is 15.1. The number of fused-ring (bicyclic) bond motifs is 1. The molecule has 0 spiro atoms. The van der Waals surface area contributed by atoms with Crippen LogP contribution in [-0.2, 0) is 0 Å². The molecular weight excluding hydrogens is 232 g/mol. The molecule has 3 rings (SSSR count). The summed E-state index contributed by atoms with van der Waals surface area (Å²) in [5, 5.41) is 1.30.